The van der Waals surface area contributed by atoms with E-state index < -0.39 is 6.04 Å². The lowest BCUT2D eigenvalue weighted by atomic mass is 10.1. The lowest BCUT2D eigenvalue weighted by Crippen LogP contribution is -2.47. The SMILES string of the molecule is CC(C)[C@H](N)C(=O)NCC(=O)N(C)Cc1nc2ccccc2n1C. The van der Waals surface area contributed by atoms with Crippen LogP contribution in [0.5, 0.6) is 0 Å². The minimum Gasteiger partial charge on any atom is -0.346 e. The highest BCUT2D eigenvalue weighted by Gasteiger charge is 2.19. The maximum absolute atomic E-state index is 12.2. The molecule has 2 amide bonds. The molecule has 0 aliphatic rings. The highest BCUT2D eigenvalue weighted by Crippen LogP contribution is 2.15. The van der Waals surface area contributed by atoms with E-state index in [1.54, 1.807) is 11.9 Å². The summed E-state index contributed by atoms with van der Waals surface area (Å²) in [4.78, 5) is 30.1. The lowest BCUT2D eigenvalue weighted by Gasteiger charge is -2.19. The van der Waals surface area contributed by atoms with Crippen LogP contribution in [-0.2, 0) is 23.2 Å². The van der Waals surface area contributed by atoms with Crippen molar-refractivity contribution in [3.8, 4) is 0 Å². The average Bonchev–Trinajstić information content (AvgIpc) is 2.87. The van der Waals surface area contributed by atoms with Crippen LogP contribution in [0.4, 0.5) is 0 Å². The number of hydrogen-bond donors (Lipinski definition) is 2. The molecule has 0 spiro atoms. The van der Waals surface area contributed by atoms with Gasteiger partial charge in [-0.25, -0.2) is 4.98 Å². The molecule has 0 unspecified atom stereocenters. The minimum absolute atomic E-state index is 0.0258. The first-order chi connectivity index (χ1) is 11.3. The first-order valence-electron chi connectivity index (χ1n) is 7.98. The van der Waals surface area contributed by atoms with E-state index in [0.29, 0.717) is 6.54 Å². The number of imidazole rings is 1. The molecular formula is C17H25N5O2. The molecule has 130 valence electrons. The van der Waals surface area contributed by atoms with Gasteiger partial charge in [0.1, 0.15) is 5.82 Å². The molecule has 0 aliphatic heterocycles. The molecule has 0 radical (unpaired) electrons. The van der Waals surface area contributed by atoms with E-state index in [0.717, 1.165) is 16.9 Å². The number of likely N-dealkylation sites (N-methyl/N-ethyl adjacent to an activating group) is 1. The van der Waals surface area contributed by atoms with E-state index in [2.05, 4.69) is 10.3 Å². The summed E-state index contributed by atoms with van der Waals surface area (Å²) in [5, 5.41) is 2.59. The van der Waals surface area contributed by atoms with Crippen LogP contribution in [0, 0.1) is 5.92 Å². The van der Waals surface area contributed by atoms with Crippen LogP contribution in [-0.4, -0.2) is 45.9 Å². The predicted octanol–water partition coefficient (Wildman–Crippen LogP) is 0.631. The second-order valence-electron chi connectivity index (χ2n) is 6.31. The molecule has 0 aliphatic carbocycles. The average molecular weight is 331 g/mol. The largest absolute Gasteiger partial charge is 0.346 e. The number of carbonyl (C=O) groups is 2. The molecule has 2 rings (SSSR count). The Kier molecular flexibility index (Phi) is 5.56. The molecule has 2 aromatic rings. The van der Waals surface area contributed by atoms with Crippen molar-refractivity contribution in [1.29, 1.82) is 0 Å². The van der Waals surface area contributed by atoms with Crippen molar-refractivity contribution in [2.24, 2.45) is 18.7 Å². The van der Waals surface area contributed by atoms with Gasteiger partial charge in [0, 0.05) is 14.1 Å². The third kappa shape index (κ3) is 3.91. The second-order valence-corrected chi connectivity index (χ2v) is 6.31. The maximum Gasteiger partial charge on any atom is 0.242 e. The van der Waals surface area contributed by atoms with E-state index in [1.165, 1.54) is 0 Å². The molecule has 0 saturated carbocycles. The number of nitrogens with zero attached hydrogens (tertiary/aromatic N) is 3. The fourth-order valence-corrected chi connectivity index (χ4v) is 2.36. The number of aryl methyl sites for hydroxylation is 1. The molecule has 24 heavy (non-hydrogen) atoms. The normalized spacial score (nSPS) is 12.4. The molecule has 1 heterocycles. The highest BCUT2D eigenvalue weighted by molar-refractivity contribution is 5.87. The molecular weight excluding hydrogens is 306 g/mol. The van der Waals surface area contributed by atoms with Crippen LogP contribution in [0.1, 0.15) is 19.7 Å². The topological polar surface area (TPSA) is 93.2 Å². The van der Waals surface area contributed by atoms with E-state index in [1.807, 2.05) is 49.7 Å². The van der Waals surface area contributed by atoms with E-state index in [-0.39, 0.29) is 24.3 Å². The third-order valence-corrected chi connectivity index (χ3v) is 4.12. The van der Waals surface area contributed by atoms with E-state index in [4.69, 9.17) is 5.73 Å². The molecule has 7 heteroatoms. The number of aromatic nitrogens is 2. The zero-order chi connectivity index (χ0) is 17.9. The minimum atomic E-state index is -0.608. The highest BCUT2D eigenvalue weighted by atomic mass is 16.2. The summed E-state index contributed by atoms with van der Waals surface area (Å²) in [7, 11) is 3.61. The standard InChI is InChI=1S/C17H25N5O2/c1-11(2)16(18)17(24)19-9-15(23)21(3)10-14-20-12-7-5-6-8-13(12)22(14)4/h5-8,11,16H,9-10,18H2,1-4H3,(H,19,24)/t16-/m0/s1. The van der Waals surface area contributed by atoms with Crippen LogP contribution in [0.15, 0.2) is 24.3 Å². The zero-order valence-corrected chi connectivity index (χ0v) is 14.6. The third-order valence-electron chi connectivity index (χ3n) is 4.12. The van der Waals surface area contributed by atoms with Gasteiger partial charge in [-0.1, -0.05) is 26.0 Å². The van der Waals surface area contributed by atoms with Crippen molar-refractivity contribution in [2.75, 3.05) is 13.6 Å². The Labute approximate surface area is 141 Å². The van der Waals surface area contributed by atoms with E-state index >= 15 is 0 Å². The number of hydrogen-bond acceptors (Lipinski definition) is 4. The number of nitrogens with two attached hydrogens (primary N) is 1. The Morgan fingerprint density at radius 1 is 1.33 bits per heavy atom. The number of rotatable bonds is 6. The van der Waals surface area contributed by atoms with Crippen LogP contribution in [0.2, 0.25) is 0 Å². The summed E-state index contributed by atoms with van der Waals surface area (Å²) >= 11 is 0. The molecule has 1 atom stereocenters. The van der Waals surface area contributed by atoms with Crippen LogP contribution < -0.4 is 11.1 Å². The lowest BCUT2D eigenvalue weighted by molar-refractivity contribution is -0.132. The van der Waals surface area contributed by atoms with Gasteiger partial charge in [0.15, 0.2) is 0 Å². The number of para-hydroxylation sites is 2. The van der Waals surface area contributed by atoms with Crippen molar-refractivity contribution < 1.29 is 9.59 Å². The van der Waals surface area contributed by atoms with Crippen LogP contribution in [0.3, 0.4) is 0 Å². The van der Waals surface area contributed by atoms with Crippen molar-refractivity contribution in [3.05, 3.63) is 30.1 Å². The Morgan fingerprint density at radius 2 is 2.00 bits per heavy atom. The quantitative estimate of drug-likeness (QED) is 0.812. The van der Waals surface area contributed by atoms with Crippen molar-refractivity contribution in [3.63, 3.8) is 0 Å². The van der Waals surface area contributed by atoms with Gasteiger partial charge in [-0.05, 0) is 18.1 Å². The Morgan fingerprint density at radius 3 is 2.62 bits per heavy atom. The molecule has 0 saturated heterocycles. The summed E-state index contributed by atoms with van der Waals surface area (Å²) < 4.78 is 1.96. The summed E-state index contributed by atoms with van der Waals surface area (Å²) in [6.45, 7) is 4.03. The molecule has 0 fully saturated rings. The van der Waals surface area contributed by atoms with Gasteiger partial charge in [0.05, 0.1) is 30.2 Å². The Hall–Kier alpha value is -2.41. The van der Waals surface area contributed by atoms with Crippen molar-refractivity contribution in [1.82, 2.24) is 19.8 Å². The van der Waals surface area contributed by atoms with Gasteiger partial charge in [-0.2, -0.15) is 0 Å². The molecule has 7 nitrogen and oxygen atoms in total. The smallest absolute Gasteiger partial charge is 0.242 e. The number of benzene rings is 1. The van der Waals surface area contributed by atoms with Gasteiger partial charge < -0.3 is 20.5 Å². The molecule has 3 N–H and O–H groups in total. The fourth-order valence-electron chi connectivity index (χ4n) is 2.36. The predicted molar refractivity (Wildman–Crippen MR) is 93.0 cm³/mol. The van der Waals surface area contributed by atoms with Gasteiger partial charge >= 0.3 is 0 Å². The fraction of sp³-hybridized carbons (Fsp3) is 0.471. The first-order valence-corrected chi connectivity index (χ1v) is 7.98. The monoisotopic (exact) mass is 331 g/mol. The summed E-state index contributed by atoms with van der Waals surface area (Å²) in [6, 6.07) is 7.20. The summed E-state index contributed by atoms with van der Waals surface area (Å²) in [5.74, 6) is 0.316. The van der Waals surface area contributed by atoms with Crippen molar-refractivity contribution >= 4 is 22.8 Å². The van der Waals surface area contributed by atoms with Gasteiger partial charge in [0.25, 0.3) is 0 Å². The summed E-state index contributed by atoms with van der Waals surface area (Å²) in [5.41, 5.74) is 7.67. The number of nitrogens with one attached hydrogen (secondary N) is 1. The van der Waals surface area contributed by atoms with Crippen molar-refractivity contribution in [2.45, 2.75) is 26.4 Å². The molecule has 0 bridgehead atoms. The molecule has 1 aromatic heterocycles. The van der Waals surface area contributed by atoms with Crippen LogP contribution >= 0.6 is 0 Å². The van der Waals surface area contributed by atoms with E-state index in [9.17, 15) is 9.59 Å². The van der Waals surface area contributed by atoms with Gasteiger partial charge in [-0.15, -0.1) is 0 Å². The number of fused-ring (bicyclic) bond motifs is 1. The Balaban J connectivity index is 1.96. The summed E-state index contributed by atoms with van der Waals surface area (Å²) in [6.07, 6.45) is 0. The van der Waals surface area contributed by atoms with Gasteiger partial charge in [0.2, 0.25) is 11.8 Å². The first kappa shape index (κ1) is 17.9. The zero-order valence-electron chi connectivity index (χ0n) is 14.6. The number of carbonyl (C=O) groups excluding carboxylic acids is 2. The number of amides is 2. The molecule has 1 aromatic carbocycles. The second kappa shape index (κ2) is 7.44. The maximum atomic E-state index is 12.2. The van der Waals surface area contributed by atoms with Gasteiger partial charge in [-0.3, -0.25) is 9.59 Å². The Bertz CT molecular complexity index is 738. The van der Waals surface area contributed by atoms with Crippen LogP contribution in [0.25, 0.3) is 11.0 Å².